The van der Waals surface area contributed by atoms with E-state index in [-0.39, 0.29) is 4.90 Å². The van der Waals surface area contributed by atoms with E-state index in [1.54, 1.807) is 17.0 Å². The van der Waals surface area contributed by atoms with Crippen LogP contribution in [0.5, 0.6) is 0 Å². The zero-order valence-electron chi connectivity index (χ0n) is 15.0. The minimum absolute atomic E-state index is 0.250. The summed E-state index contributed by atoms with van der Waals surface area (Å²) in [6.45, 7) is 7.04. The van der Waals surface area contributed by atoms with Gasteiger partial charge in [0.15, 0.2) is 0 Å². The van der Waals surface area contributed by atoms with Crippen LogP contribution in [-0.2, 0) is 10.0 Å². The highest BCUT2D eigenvalue weighted by atomic mass is 35.5. The van der Waals surface area contributed by atoms with E-state index in [1.807, 2.05) is 13.8 Å². The molecule has 1 fully saturated rings. The van der Waals surface area contributed by atoms with Gasteiger partial charge < -0.3 is 9.80 Å². The molecule has 7 heteroatoms. The minimum atomic E-state index is -3.55. The zero-order valence-corrected chi connectivity index (χ0v) is 16.6. The summed E-state index contributed by atoms with van der Waals surface area (Å²) < 4.78 is 28.0. The largest absolute Gasteiger partial charge is 0.337 e. The van der Waals surface area contributed by atoms with Gasteiger partial charge in [-0.25, -0.2) is 8.42 Å². The molecule has 2 rings (SSSR count). The Kier molecular flexibility index (Phi) is 6.31. The summed E-state index contributed by atoms with van der Waals surface area (Å²) in [5, 5.41) is 0.529. The van der Waals surface area contributed by atoms with Crippen molar-refractivity contribution in [2.45, 2.75) is 43.2 Å². The summed E-state index contributed by atoms with van der Waals surface area (Å²) in [5.74, 6) is 0. The average Bonchev–Trinajstić information content (AvgIpc) is 2.46. The van der Waals surface area contributed by atoms with E-state index in [0.29, 0.717) is 11.1 Å². The van der Waals surface area contributed by atoms with Crippen molar-refractivity contribution < 1.29 is 18.2 Å². The van der Waals surface area contributed by atoms with Crippen LogP contribution in [0.4, 0.5) is 0 Å². The van der Waals surface area contributed by atoms with Crippen LogP contribution in [0, 0.1) is 0 Å². The van der Waals surface area contributed by atoms with Gasteiger partial charge in [-0.3, -0.25) is 0 Å². The van der Waals surface area contributed by atoms with Crippen LogP contribution in [0.25, 0.3) is 0 Å². The average molecular weight is 376 g/mol. The van der Waals surface area contributed by atoms with Crippen LogP contribution in [0.1, 0.15) is 26.7 Å². The molecule has 1 unspecified atom stereocenters. The van der Waals surface area contributed by atoms with E-state index in [4.69, 9.17) is 11.6 Å². The number of likely N-dealkylation sites (N-methyl/N-ethyl adjacent to an activating group) is 1. The van der Waals surface area contributed by atoms with E-state index >= 15 is 0 Å². The lowest BCUT2D eigenvalue weighted by molar-refractivity contribution is -0.941. The number of sulfonamides is 1. The number of rotatable bonds is 6. The number of benzene rings is 1. The SMILES string of the molecule is C[NH+]1CCC([NH+](C)CC(C)(C)NS(=O)(=O)c2ccc(Cl)cc2)CC1. The summed E-state index contributed by atoms with van der Waals surface area (Å²) in [5.41, 5.74) is -0.515. The van der Waals surface area contributed by atoms with E-state index in [0.717, 1.165) is 6.54 Å². The van der Waals surface area contributed by atoms with Gasteiger partial charge in [0, 0.05) is 17.9 Å². The molecule has 0 radical (unpaired) electrons. The van der Waals surface area contributed by atoms with Crippen LogP contribution in [0.2, 0.25) is 5.02 Å². The van der Waals surface area contributed by atoms with E-state index < -0.39 is 15.6 Å². The van der Waals surface area contributed by atoms with Crippen molar-refractivity contribution in [1.82, 2.24) is 4.72 Å². The Morgan fingerprint density at radius 3 is 2.33 bits per heavy atom. The highest BCUT2D eigenvalue weighted by Gasteiger charge is 2.33. The predicted molar refractivity (Wildman–Crippen MR) is 97.2 cm³/mol. The van der Waals surface area contributed by atoms with Crippen LogP contribution in [0.3, 0.4) is 0 Å². The molecule has 5 nitrogen and oxygen atoms in total. The molecule has 1 atom stereocenters. The number of hydrogen-bond acceptors (Lipinski definition) is 2. The molecule has 0 bridgehead atoms. The summed E-state index contributed by atoms with van der Waals surface area (Å²) in [6, 6.07) is 6.88. The molecule has 0 saturated carbocycles. The van der Waals surface area contributed by atoms with Gasteiger partial charge in [0.2, 0.25) is 10.0 Å². The molecule has 0 aromatic heterocycles. The second-order valence-corrected chi connectivity index (χ2v) is 9.82. The Bertz CT molecular complexity index is 638. The molecule has 1 saturated heterocycles. The molecule has 1 aliphatic heterocycles. The van der Waals surface area contributed by atoms with Crippen molar-refractivity contribution in [3.05, 3.63) is 29.3 Å². The monoisotopic (exact) mass is 375 g/mol. The molecule has 0 spiro atoms. The van der Waals surface area contributed by atoms with Gasteiger partial charge in [-0.05, 0) is 38.1 Å². The number of piperidine rings is 1. The van der Waals surface area contributed by atoms with Gasteiger partial charge in [-0.15, -0.1) is 0 Å². The molecule has 136 valence electrons. The lowest BCUT2D eigenvalue weighted by atomic mass is 10.0. The first-order valence-corrected chi connectivity index (χ1v) is 10.4. The van der Waals surface area contributed by atoms with Crippen molar-refractivity contribution in [3.63, 3.8) is 0 Å². The molecule has 24 heavy (non-hydrogen) atoms. The zero-order chi connectivity index (χ0) is 18.0. The van der Waals surface area contributed by atoms with Gasteiger partial charge in [0.25, 0.3) is 0 Å². The van der Waals surface area contributed by atoms with Crippen molar-refractivity contribution in [2.24, 2.45) is 0 Å². The van der Waals surface area contributed by atoms with Gasteiger partial charge in [0.1, 0.15) is 0 Å². The third kappa shape index (κ3) is 5.43. The maximum absolute atomic E-state index is 12.6. The van der Waals surface area contributed by atoms with Crippen LogP contribution in [-0.4, -0.2) is 53.7 Å². The van der Waals surface area contributed by atoms with Crippen molar-refractivity contribution in [3.8, 4) is 0 Å². The van der Waals surface area contributed by atoms with E-state index in [1.165, 1.54) is 43.0 Å². The topological polar surface area (TPSA) is 55.1 Å². The standard InChI is InChI=1S/C17H28ClN3O2S/c1-17(2,13-21(4)15-9-11-20(3)12-10-15)19-24(22,23)16-7-5-14(18)6-8-16/h5-8,15,19H,9-13H2,1-4H3/p+2. The molecular weight excluding hydrogens is 346 g/mol. The van der Waals surface area contributed by atoms with Crippen LogP contribution in [0.15, 0.2) is 29.2 Å². The highest BCUT2D eigenvalue weighted by molar-refractivity contribution is 7.89. The first kappa shape index (κ1) is 19.7. The molecule has 1 aliphatic rings. The Labute approximate surface area is 151 Å². The quantitative estimate of drug-likeness (QED) is 0.633. The first-order valence-electron chi connectivity index (χ1n) is 8.52. The number of halogens is 1. The third-order valence-corrected chi connectivity index (χ3v) is 6.76. The number of likely N-dealkylation sites (tertiary alicyclic amines) is 1. The number of hydrogen-bond donors (Lipinski definition) is 3. The smallest absolute Gasteiger partial charge is 0.241 e. The Morgan fingerprint density at radius 2 is 1.79 bits per heavy atom. The van der Waals surface area contributed by atoms with Gasteiger partial charge >= 0.3 is 0 Å². The summed E-state index contributed by atoms with van der Waals surface area (Å²) in [4.78, 5) is 3.23. The van der Waals surface area contributed by atoms with Crippen molar-refractivity contribution in [2.75, 3.05) is 33.7 Å². The number of nitrogens with one attached hydrogen (secondary N) is 3. The molecule has 1 heterocycles. The first-order chi connectivity index (χ1) is 11.1. The Balaban J connectivity index is 2.00. The van der Waals surface area contributed by atoms with E-state index in [9.17, 15) is 8.42 Å². The van der Waals surface area contributed by atoms with Gasteiger partial charge in [-0.1, -0.05) is 11.6 Å². The lowest BCUT2D eigenvalue weighted by Crippen LogP contribution is -3.19. The van der Waals surface area contributed by atoms with Crippen LogP contribution < -0.4 is 14.5 Å². The van der Waals surface area contributed by atoms with Crippen molar-refractivity contribution in [1.29, 1.82) is 0 Å². The molecule has 0 aliphatic carbocycles. The van der Waals surface area contributed by atoms with Crippen molar-refractivity contribution >= 4 is 21.6 Å². The molecule has 3 N–H and O–H groups in total. The summed E-state index contributed by atoms with van der Waals surface area (Å²) >= 11 is 5.84. The van der Waals surface area contributed by atoms with Gasteiger partial charge in [0.05, 0.1) is 50.2 Å². The molecule has 1 aromatic carbocycles. The molecule has 1 aromatic rings. The fourth-order valence-electron chi connectivity index (χ4n) is 3.52. The lowest BCUT2D eigenvalue weighted by Gasteiger charge is -2.35. The summed E-state index contributed by atoms with van der Waals surface area (Å²) in [6.07, 6.45) is 2.38. The highest BCUT2D eigenvalue weighted by Crippen LogP contribution is 2.16. The second-order valence-electron chi connectivity index (χ2n) is 7.70. The predicted octanol–water partition coefficient (Wildman–Crippen LogP) is -0.411. The third-order valence-electron chi connectivity index (χ3n) is 4.79. The maximum Gasteiger partial charge on any atom is 0.241 e. The Hall–Kier alpha value is -0.660. The fraction of sp³-hybridized carbons (Fsp3) is 0.647. The fourth-order valence-corrected chi connectivity index (χ4v) is 5.06. The maximum atomic E-state index is 12.6. The Morgan fingerprint density at radius 1 is 1.25 bits per heavy atom. The summed E-state index contributed by atoms with van der Waals surface area (Å²) in [7, 11) is 0.856. The normalized spacial score (nSPS) is 23.9. The molecule has 0 amide bonds. The van der Waals surface area contributed by atoms with Crippen LogP contribution >= 0.6 is 11.6 Å². The van der Waals surface area contributed by atoms with Gasteiger partial charge in [-0.2, -0.15) is 4.72 Å². The number of quaternary nitrogens is 2. The second kappa shape index (κ2) is 7.70. The molecular formula is C17H30ClN3O2S+2. The van der Waals surface area contributed by atoms with E-state index in [2.05, 4.69) is 18.8 Å². The minimum Gasteiger partial charge on any atom is -0.337 e.